The van der Waals surface area contributed by atoms with Crippen LogP contribution in [0.5, 0.6) is 5.75 Å². The molecular formula is C11H12ClN3O. The summed E-state index contributed by atoms with van der Waals surface area (Å²) < 4.78 is 1.54. The lowest BCUT2D eigenvalue weighted by Gasteiger charge is -2.08. The minimum atomic E-state index is 0.146. The van der Waals surface area contributed by atoms with Crippen molar-refractivity contribution in [3.05, 3.63) is 28.9 Å². The molecule has 0 aliphatic carbocycles. The number of rotatable bonds is 1. The second-order valence-electron chi connectivity index (χ2n) is 3.65. The lowest BCUT2D eigenvalue weighted by Crippen LogP contribution is -1.98. The van der Waals surface area contributed by atoms with Gasteiger partial charge < -0.3 is 10.8 Å². The van der Waals surface area contributed by atoms with Gasteiger partial charge in [0.1, 0.15) is 11.6 Å². The van der Waals surface area contributed by atoms with Gasteiger partial charge >= 0.3 is 0 Å². The first-order chi connectivity index (χ1) is 7.52. The molecule has 84 valence electrons. The van der Waals surface area contributed by atoms with Crippen molar-refractivity contribution < 1.29 is 5.11 Å². The maximum atomic E-state index is 9.99. The highest BCUT2D eigenvalue weighted by Crippen LogP contribution is 2.40. The number of nitrogens with two attached hydrogens (primary N) is 1. The molecule has 2 aromatic rings. The zero-order valence-corrected chi connectivity index (χ0v) is 9.78. The van der Waals surface area contributed by atoms with E-state index in [9.17, 15) is 5.11 Å². The zero-order valence-electron chi connectivity index (χ0n) is 9.03. The van der Waals surface area contributed by atoms with Crippen LogP contribution in [0, 0.1) is 6.92 Å². The molecule has 1 heterocycles. The molecule has 1 aromatic heterocycles. The van der Waals surface area contributed by atoms with E-state index in [-0.39, 0.29) is 5.75 Å². The topological polar surface area (TPSA) is 64.1 Å². The molecule has 0 aliphatic heterocycles. The highest BCUT2D eigenvalue weighted by atomic mass is 35.5. The first-order valence-corrected chi connectivity index (χ1v) is 5.16. The summed E-state index contributed by atoms with van der Waals surface area (Å²) in [6, 6.07) is 3.49. The summed E-state index contributed by atoms with van der Waals surface area (Å²) in [5, 5.41) is 14.5. The van der Waals surface area contributed by atoms with Crippen LogP contribution in [0.15, 0.2) is 18.3 Å². The number of anilines is 1. The molecule has 1 aromatic carbocycles. The van der Waals surface area contributed by atoms with Gasteiger partial charge in [0, 0.05) is 18.2 Å². The molecule has 5 heteroatoms. The Morgan fingerprint density at radius 1 is 1.44 bits per heavy atom. The van der Waals surface area contributed by atoms with Crippen LogP contribution in [0.1, 0.15) is 5.56 Å². The van der Waals surface area contributed by atoms with E-state index in [1.165, 1.54) is 4.68 Å². The average molecular weight is 238 g/mol. The predicted molar refractivity (Wildman–Crippen MR) is 64.5 cm³/mol. The van der Waals surface area contributed by atoms with Gasteiger partial charge in [0.25, 0.3) is 0 Å². The number of nitrogen functional groups attached to an aromatic ring is 1. The largest absolute Gasteiger partial charge is 0.507 e. The van der Waals surface area contributed by atoms with Gasteiger partial charge in [-0.25, -0.2) is 0 Å². The average Bonchev–Trinajstić information content (AvgIpc) is 2.56. The van der Waals surface area contributed by atoms with E-state index in [2.05, 4.69) is 5.10 Å². The zero-order chi connectivity index (χ0) is 11.9. The minimum absolute atomic E-state index is 0.146. The molecular weight excluding hydrogens is 226 g/mol. The van der Waals surface area contributed by atoms with Gasteiger partial charge in [0.2, 0.25) is 0 Å². The van der Waals surface area contributed by atoms with Crippen LogP contribution in [0.2, 0.25) is 5.02 Å². The van der Waals surface area contributed by atoms with E-state index in [0.29, 0.717) is 22.0 Å². The fourth-order valence-electron chi connectivity index (χ4n) is 1.57. The van der Waals surface area contributed by atoms with Crippen molar-refractivity contribution in [1.82, 2.24) is 9.78 Å². The van der Waals surface area contributed by atoms with Crippen molar-refractivity contribution in [2.24, 2.45) is 7.05 Å². The molecule has 0 atom stereocenters. The SMILES string of the molecule is Cc1ccc(Cl)c(-c2cnn(C)c2N)c1O. The van der Waals surface area contributed by atoms with Gasteiger partial charge in [-0.05, 0) is 18.6 Å². The van der Waals surface area contributed by atoms with E-state index >= 15 is 0 Å². The van der Waals surface area contributed by atoms with Gasteiger partial charge in [-0.1, -0.05) is 17.7 Å². The van der Waals surface area contributed by atoms with E-state index in [4.69, 9.17) is 17.3 Å². The van der Waals surface area contributed by atoms with E-state index < -0.39 is 0 Å². The Morgan fingerprint density at radius 2 is 2.12 bits per heavy atom. The second-order valence-corrected chi connectivity index (χ2v) is 4.06. The van der Waals surface area contributed by atoms with Crippen LogP contribution >= 0.6 is 11.6 Å². The number of nitrogens with zero attached hydrogens (tertiary/aromatic N) is 2. The summed E-state index contributed by atoms with van der Waals surface area (Å²) in [6.07, 6.45) is 1.59. The third-order valence-electron chi connectivity index (χ3n) is 2.58. The van der Waals surface area contributed by atoms with Crippen molar-refractivity contribution in [3.63, 3.8) is 0 Å². The van der Waals surface area contributed by atoms with Crippen LogP contribution in [0.4, 0.5) is 5.82 Å². The van der Waals surface area contributed by atoms with E-state index in [1.807, 2.05) is 6.92 Å². The number of benzene rings is 1. The monoisotopic (exact) mass is 237 g/mol. The van der Waals surface area contributed by atoms with Crippen LogP contribution in [-0.4, -0.2) is 14.9 Å². The number of aryl methyl sites for hydroxylation is 2. The summed E-state index contributed by atoms with van der Waals surface area (Å²) in [4.78, 5) is 0. The Hall–Kier alpha value is -1.68. The Balaban J connectivity index is 2.73. The first kappa shape index (κ1) is 10.8. The molecule has 0 aliphatic rings. The first-order valence-electron chi connectivity index (χ1n) is 4.78. The van der Waals surface area contributed by atoms with Gasteiger partial charge in [-0.15, -0.1) is 0 Å². The molecule has 0 unspecified atom stereocenters. The van der Waals surface area contributed by atoms with Crippen LogP contribution in [0.3, 0.4) is 0 Å². The van der Waals surface area contributed by atoms with Crippen molar-refractivity contribution in [2.75, 3.05) is 5.73 Å². The van der Waals surface area contributed by atoms with Gasteiger partial charge in [0.05, 0.1) is 11.2 Å². The summed E-state index contributed by atoms with van der Waals surface area (Å²) >= 11 is 6.06. The number of aromatic hydroxyl groups is 1. The fraction of sp³-hybridized carbons (Fsp3) is 0.182. The second kappa shape index (κ2) is 3.72. The number of hydrogen-bond donors (Lipinski definition) is 2. The molecule has 0 radical (unpaired) electrons. The number of halogens is 1. The molecule has 0 bridgehead atoms. The molecule has 4 nitrogen and oxygen atoms in total. The molecule has 2 rings (SSSR count). The lowest BCUT2D eigenvalue weighted by molar-refractivity contribution is 0.473. The molecule has 0 saturated carbocycles. The van der Waals surface area contributed by atoms with Crippen molar-refractivity contribution in [1.29, 1.82) is 0 Å². The summed E-state index contributed by atoms with van der Waals surface area (Å²) in [7, 11) is 1.74. The molecule has 0 spiro atoms. The van der Waals surface area contributed by atoms with Crippen molar-refractivity contribution in [2.45, 2.75) is 6.92 Å². The van der Waals surface area contributed by atoms with Crippen molar-refractivity contribution in [3.8, 4) is 16.9 Å². The van der Waals surface area contributed by atoms with Crippen LogP contribution < -0.4 is 5.73 Å². The van der Waals surface area contributed by atoms with E-state index in [0.717, 1.165) is 5.56 Å². The standard InChI is InChI=1S/C11H12ClN3O/c1-6-3-4-8(12)9(10(6)16)7-5-14-15(2)11(7)13/h3-5,16H,13H2,1-2H3. The summed E-state index contributed by atoms with van der Waals surface area (Å²) in [5.41, 5.74) is 7.79. The quantitative estimate of drug-likeness (QED) is 0.800. The number of phenolic OH excluding ortho intramolecular Hbond substituents is 1. The number of phenols is 1. The summed E-state index contributed by atoms with van der Waals surface area (Å²) in [6.45, 7) is 1.81. The van der Waals surface area contributed by atoms with Crippen molar-refractivity contribution >= 4 is 17.4 Å². The van der Waals surface area contributed by atoms with Crippen LogP contribution in [-0.2, 0) is 7.05 Å². The third kappa shape index (κ3) is 1.51. The number of aromatic nitrogens is 2. The molecule has 0 fully saturated rings. The highest BCUT2D eigenvalue weighted by molar-refractivity contribution is 6.34. The fourth-order valence-corrected chi connectivity index (χ4v) is 1.82. The Labute approximate surface area is 98.3 Å². The maximum absolute atomic E-state index is 9.99. The van der Waals surface area contributed by atoms with Gasteiger partial charge in [-0.3, -0.25) is 4.68 Å². The summed E-state index contributed by atoms with van der Waals surface area (Å²) in [5.74, 6) is 0.620. The highest BCUT2D eigenvalue weighted by Gasteiger charge is 2.16. The van der Waals surface area contributed by atoms with Gasteiger partial charge in [-0.2, -0.15) is 5.10 Å². The molecule has 16 heavy (non-hydrogen) atoms. The minimum Gasteiger partial charge on any atom is -0.507 e. The molecule has 3 N–H and O–H groups in total. The molecule has 0 amide bonds. The van der Waals surface area contributed by atoms with Crippen LogP contribution in [0.25, 0.3) is 11.1 Å². The lowest BCUT2D eigenvalue weighted by atomic mass is 10.0. The maximum Gasteiger partial charge on any atom is 0.129 e. The Morgan fingerprint density at radius 3 is 2.69 bits per heavy atom. The smallest absolute Gasteiger partial charge is 0.129 e. The Kier molecular flexibility index (Phi) is 2.52. The Bertz CT molecular complexity index is 548. The van der Waals surface area contributed by atoms with Gasteiger partial charge in [0.15, 0.2) is 0 Å². The third-order valence-corrected chi connectivity index (χ3v) is 2.90. The predicted octanol–water partition coefficient (Wildman–Crippen LogP) is 2.34. The number of hydrogen-bond acceptors (Lipinski definition) is 3. The van der Waals surface area contributed by atoms with E-state index in [1.54, 1.807) is 25.4 Å². The normalized spacial score (nSPS) is 10.7. The molecule has 0 saturated heterocycles.